The zero-order valence-corrected chi connectivity index (χ0v) is 16.6. The Hall–Kier alpha value is -4.01. The summed E-state index contributed by atoms with van der Waals surface area (Å²) < 4.78 is 1.87. The Kier molecular flexibility index (Phi) is 5.25. The predicted octanol–water partition coefficient (Wildman–Crippen LogP) is 1.89. The van der Waals surface area contributed by atoms with Gasteiger partial charge >= 0.3 is 0 Å². The highest BCUT2D eigenvalue weighted by molar-refractivity contribution is 6.05. The maximum Gasteiger partial charge on any atom is 0.273 e. The number of nitrogens with zero attached hydrogens (tertiary/aromatic N) is 4. The standard InChI is InChI=1S/C21H21N7O2/c1-13(25-21(30)19-16-5-3-4-6-17(16)26-27-19)20(29)24-12-15-7-8-18(23-11-15)28-10-9-22-14(28)2/h3-11,13H,12H2,1-2H3,(H,24,29)(H,25,30)(H,26,27). The lowest BCUT2D eigenvalue weighted by Crippen LogP contribution is -2.44. The fourth-order valence-corrected chi connectivity index (χ4v) is 3.09. The van der Waals surface area contributed by atoms with Crippen LogP contribution in [0.4, 0.5) is 0 Å². The van der Waals surface area contributed by atoms with Crippen molar-refractivity contribution in [3.05, 3.63) is 72.1 Å². The predicted molar refractivity (Wildman–Crippen MR) is 111 cm³/mol. The number of carbonyl (C=O) groups excluding carboxylic acids is 2. The molecule has 0 fully saturated rings. The maximum absolute atomic E-state index is 12.5. The van der Waals surface area contributed by atoms with Crippen molar-refractivity contribution < 1.29 is 9.59 Å². The van der Waals surface area contributed by atoms with Gasteiger partial charge in [-0.15, -0.1) is 0 Å². The molecule has 0 aliphatic rings. The summed E-state index contributed by atoms with van der Waals surface area (Å²) in [5.41, 5.74) is 1.88. The summed E-state index contributed by atoms with van der Waals surface area (Å²) in [7, 11) is 0. The maximum atomic E-state index is 12.5. The van der Waals surface area contributed by atoms with E-state index in [1.165, 1.54) is 0 Å². The van der Waals surface area contributed by atoms with Gasteiger partial charge in [0, 0.05) is 30.5 Å². The number of nitrogens with one attached hydrogen (secondary N) is 3. The minimum Gasteiger partial charge on any atom is -0.350 e. The molecule has 9 heteroatoms. The van der Waals surface area contributed by atoms with E-state index in [4.69, 9.17) is 0 Å². The number of carbonyl (C=O) groups is 2. The quantitative estimate of drug-likeness (QED) is 0.454. The summed E-state index contributed by atoms with van der Waals surface area (Å²) in [5.74, 6) is 0.902. The van der Waals surface area contributed by atoms with Crippen molar-refractivity contribution in [2.75, 3.05) is 0 Å². The number of hydrogen-bond acceptors (Lipinski definition) is 5. The van der Waals surface area contributed by atoms with Crippen LogP contribution < -0.4 is 10.6 Å². The molecule has 0 aliphatic carbocycles. The van der Waals surface area contributed by atoms with Crippen LogP contribution >= 0.6 is 0 Å². The Balaban J connectivity index is 1.33. The Morgan fingerprint density at radius 1 is 1.17 bits per heavy atom. The lowest BCUT2D eigenvalue weighted by Gasteiger charge is -2.13. The first-order chi connectivity index (χ1) is 14.5. The van der Waals surface area contributed by atoms with Crippen LogP contribution in [0.5, 0.6) is 0 Å². The first kappa shape index (κ1) is 19.3. The van der Waals surface area contributed by atoms with Crippen LogP contribution in [0.1, 0.15) is 28.8 Å². The van der Waals surface area contributed by atoms with Crippen molar-refractivity contribution in [1.82, 2.24) is 35.4 Å². The third-order valence-electron chi connectivity index (χ3n) is 4.77. The Morgan fingerprint density at radius 2 is 2.00 bits per heavy atom. The lowest BCUT2D eigenvalue weighted by molar-refractivity contribution is -0.122. The molecular weight excluding hydrogens is 382 g/mol. The van der Waals surface area contributed by atoms with E-state index in [1.807, 2.05) is 48.0 Å². The summed E-state index contributed by atoms with van der Waals surface area (Å²) in [6.45, 7) is 3.84. The van der Waals surface area contributed by atoms with Gasteiger partial charge in [-0.3, -0.25) is 19.3 Å². The fourth-order valence-electron chi connectivity index (χ4n) is 3.09. The minimum atomic E-state index is -0.714. The molecule has 4 aromatic rings. The van der Waals surface area contributed by atoms with Crippen LogP contribution in [0.3, 0.4) is 0 Å². The molecule has 1 unspecified atom stereocenters. The molecule has 2 amide bonds. The van der Waals surface area contributed by atoms with Crippen LogP contribution in [-0.4, -0.2) is 42.6 Å². The van der Waals surface area contributed by atoms with Gasteiger partial charge in [0.25, 0.3) is 5.91 Å². The number of hydrogen-bond donors (Lipinski definition) is 3. The van der Waals surface area contributed by atoms with Crippen LogP contribution in [0.25, 0.3) is 16.7 Å². The molecule has 0 aliphatic heterocycles. The first-order valence-electron chi connectivity index (χ1n) is 9.50. The van der Waals surface area contributed by atoms with Gasteiger partial charge < -0.3 is 10.6 Å². The van der Waals surface area contributed by atoms with Gasteiger partial charge in [-0.05, 0) is 31.5 Å². The molecule has 0 radical (unpaired) electrons. The number of imidazole rings is 1. The van der Waals surface area contributed by atoms with Gasteiger partial charge in [0.15, 0.2) is 5.69 Å². The van der Waals surface area contributed by atoms with Crippen LogP contribution in [-0.2, 0) is 11.3 Å². The summed E-state index contributed by atoms with van der Waals surface area (Å²) in [5, 5.41) is 13.1. The third-order valence-corrected chi connectivity index (χ3v) is 4.77. The summed E-state index contributed by atoms with van der Waals surface area (Å²) in [6.07, 6.45) is 5.26. The van der Waals surface area contributed by atoms with E-state index >= 15 is 0 Å². The largest absolute Gasteiger partial charge is 0.350 e. The van der Waals surface area contributed by atoms with Gasteiger partial charge in [-0.1, -0.05) is 24.3 Å². The van der Waals surface area contributed by atoms with E-state index in [0.717, 1.165) is 22.7 Å². The molecule has 4 rings (SSSR count). The van der Waals surface area contributed by atoms with E-state index in [2.05, 4.69) is 30.8 Å². The third kappa shape index (κ3) is 3.90. The van der Waals surface area contributed by atoms with E-state index < -0.39 is 11.9 Å². The zero-order valence-electron chi connectivity index (χ0n) is 16.6. The monoisotopic (exact) mass is 403 g/mol. The molecule has 0 bridgehead atoms. The van der Waals surface area contributed by atoms with Crippen LogP contribution in [0.15, 0.2) is 55.0 Å². The van der Waals surface area contributed by atoms with Crippen molar-refractivity contribution in [2.24, 2.45) is 0 Å². The van der Waals surface area contributed by atoms with Gasteiger partial charge in [0.05, 0.1) is 5.52 Å². The molecule has 152 valence electrons. The summed E-state index contributed by atoms with van der Waals surface area (Å²) in [6, 6.07) is 10.4. The molecule has 9 nitrogen and oxygen atoms in total. The number of para-hydroxylation sites is 1. The van der Waals surface area contributed by atoms with Crippen LogP contribution in [0, 0.1) is 6.92 Å². The molecule has 3 aromatic heterocycles. The molecule has 0 saturated carbocycles. The van der Waals surface area contributed by atoms with E-state index in [0.29, 0.717) is 11.9 Å². The number of H-pyrrole nitrogens is 1. The topological polar surface area (TPSA) is 118 Å². The fraction of sp³-hybridized carbons (Fsp3) is 0.190. The highest BCUT2D eigenvalue weighted by Gasteiger charge is 2.20. The lowest BCUT2D eigenvalue weighted by atomic mass is 10.2. The highest BCUT2D eigenvalue weighted by atomic mass is 16.2. The smallest absolute Gasteiger partial charge is 0.273 e. The Labute approximate surface area is 172 Å². The van der Waals surface area contributed by atoms with Gasteiger partial charge in [0.1, 0.15) is 17.7 Å². The number of aryl methyl sites for hydroxylation is 1. The van der Waals surface area contributed by atoms with E-state index in [9.17, 15) is 9.59 Å². The van der Waals surface area contributed by atoms with E-state index in [1.54, 1.807) is 25.4 Å². The number of rotatable bonds is 6. The number of benzene rings is 1. The molecule has 3 N–H and O–H groups in total. The highest BCUT2D eigenvalue weighted by Crippen LogP contribution is 2.15. The average Bonchev–Trinajstić information content (AvgIpc) is 3.38. The van der Waals surface area contributed by atoms with Crippen molar-refractivity contribution in [2.45, 2.75) is 26.4 Å². The second kappa shape index (κ2) is 8.16. The molecule has 30 heavy (non-hydrogen) atoms. The van der Waals surface area contributed by atoms with Crippen molar-refractivity contribution >= 4 is 22.7 Å². The molecule has 0 spiro atoms. The Bertz CT molecular complexity index is 1190. The normalized spacial score (nSPS) is 11.9. The molecule has 1 atom stereocenters. The van der Waals surface area contributed by atoms with Crippen molar-refractivity contribution in [1.29, 1.82) is 0 Å². The number of pyridine rings is 1. The minimum absolute atomic E-state index is 0.264. The number of aromatic nitrogens is 5. The van der Waals surface area contributed by atoms with Gasteiger partial charge in [-0.25, -0.2) is 9.97 Å². The number of fused-ring (bicyclic) bond motifs is 1. The van der Waals surface area contributed by atoms with Crippen molar-refractivity contribution in [3.63, 3.8) is 0 Å². The summed E-state index contributed by atoms with van der Waals surface area (Å²) >= 11 is 0. The second-order valence-electron chi connectivity index (χ2n) is 6.90. The number of aromatic amines is 1. The molecular formula is C21H21N7O2. The molecule has 1 aromatic carbocycles. The van der Waals surface area contributed by atoms with E-state index in [-0.39, 0.29) is 11.6 Å². The molecule has 3 heterocycles. The van der Waals surface area contributed by atoms with Gasteiger partial charge in [-0.2, -0.15) is 5.10 Å². The van der Waals surface area contributed by atoms with Crippen molar-refractivity contribution in [3.8, 4) is 5.82 Å². The summed E-state index contributed by atoms with van der Waals surface area (Å²) in [4.78, 5) is 33.5. The Morgan fingerprint density at radius 3 is 2.73 bits per heavy atom. The van der Waals surface area contributed by atoms with Gasteiger partial charge in [0.2, 0.25) is 5.91 Å². The number of amides is 2. The second-order valence-corrected chi connectivity index (χ2v) is 6.90. The molecule has 0 saturated heterocycles. The average molecular weight is 403 g/mol. The zero-order chi connectivity index (χ0) is 21.1. The van der Waals surface area contributed by atoms with Crippen LogP contribution in [0.2, 0.25) is 0 Å². The first-order valence-corrected chi connectivity index (χ1v) is 9.50. The SMILES string of the molecule is Cc1nccn1-c1ccc(CNC(=O)C(C)NC(=O)c2n[nH]c3ccccc23)cn1.